The van der Waals surface area contributed by atoms with Crippen LogP contribution in [0.5, 0.6) is 0 Å². The van der Waals surface area contributed by atoms with Gasteiger partial charge in [0.15, 0.2) is 0 Å². The highest BCUT2D eigenvalue weighted by atomic mass is 15.2. The Balaban J connectivity index is 2.61. The molecule has 5 heteroatoms. The van der Waals surface area contributed by atoms with Crippen LogP contribution in [0.25, 0.3) is 11.4 Å². The van der Waals surface area contributed by atoms with E-state index in [1.54, 1.807) is 0 Å². The number of rotatable bonds is 4. The number of hydrogen-bond donors (Lipinski definition) is 1. The van der Waals surface area contributed by atoms with Crippen LogP contribution >= 0.6 is 0 Å². The van der Waals surface area contributed by atoms with E-state index in [9.17, 15) is 0 Å². The second-order valence-corrected chi connectivity index (χ2v) is 6.99. The van der Waals surface area contributed by atoms with Crippen LogP contribution in [0.1, 0.15) is 47.4 Å². The lowest BCUT2D eigenvalue weighted by Gasteiger charge is -2.21. The number of anilines is 1. The summed E-state index contributed by atoms with van der Waals surface area (Å²) in [6.45, 7) is 14.7. The summed E-state index contributed by atoms with van der Waals surface area (Å²) in [4.78, 5) is 9.09. The lowest BCUT2D eigenvalue weighted by atomic mass is 9.95. The Kier molecular flexibility index (Phi) is 4.12. The van der Waals surface area contributed by atoms with E-state index < -0.39 is 0 Å². The van der Waals surface area contributed by atoms with Gasteiger partial charge in [-0.2, -0.15) is 0 Å². The molecule has 0 fully saturated rings. The van der Waals surface area contributed by atoms with Gasteiger partial charge in [-0.05, 0) is 12.8 Å². The second kappa shape index (κ2) is 5.54. The molecule has 2 aromatic heterocycles. The average Bonchev–Trinajstić information content (AvgIpc) is 2.93. The first-order chi connectivity index (χ1) is 9.75. The van der Waals surface area contributed by atoms with Crippen molar-refractivity contribution in [2.45, 2.75) is 60.0 Å². The van der Waals surface area contributed by atoms with Gasteiger partial charge in [0.1, 0.15) is 17.3 Å². The van der Waals surface area contributed by atoms with Gasteiger partial charge >= 0.3 is 0 Å². The molecule has 0 saturated carbocycles. The smallest absolute Gasteiger partial charge is 0.133 e. The molecule has 2 heterocycles. The molecule has 2 rings (SSSR count). The molecule has 0 aliphatic carbocycles. The monoisotopic (exact) mass is 289 g/mol. The number of nitrogens with zero attached hydrogens (tertiary/aromatic N) is 4. The summed E-state index contributed by atoms with van der Waals surface area (Å²) >= 11 is 0. The van der Waals surface area contributed by atoms with Gasteiger partial charge in [-0.3, -0.25) is 0 Å². The summed E-state index contributed by atoms with van der Waals surface area (Å²) in [6, 6.07) is 0. The minimum Gasteiger partial charge on any atom is -0.383 e. The lowest BCUT2D eigenvalue weighted by Crippen LogP contribution is -2.21. The zero-order chi connectivity index (χ0) is 15.8. The van der Waals surface area contributed by atoms with Crippen molar-refractivity contribution < 1.29 is 0 Å². The fourth-order valence-corrected chi connectivity index (χ4v) is 2.55. The molecule has 0 aromatic carbocycles. The van der Waals surface area contributed by atoms with Crippen molar-refractivity contribution >= 4 is 5.82 Å². The van der Waals surface area contributed by atoms with Crippen LogP contribution in [0.15, 0.2) is 12.5 Å². The highest BCUT2D eigenvalue weighted by Gasteiger charge is 2.26. The third kappa shape index (κ3) is 2.96. The molecular formula is C16H27N5. The van der Waals surface area contributed by atoms with Crippen LogP contribution in [-0.4, -0.2) is 19.1 Å². The van der Waals surface area contributed by atoms with E-state index in [4.69, 9.17) is 10.7 Å². The third-order valence-electron chi connectivity index (χ3n) is 3.52. The number of hydrogen-bond acceptors (Lipinski definition) is 3. The molecule has 2 aromatic rings. The fraction of sp³-hybridized carbons (Fsp3) is 0.625. The van der Waals surface area contributed by atoms with Gasteiger partial charge in [-0.25, -0.2) is 9.97 Å². The van der Waals surface area contributed by atoms with Crippen LogP contribution in [-0.2, 0) is 18.5 Å². The summed E-state index contributed by atoms with van der Waals surface area (Å²) < 4.78 is 4.23. The molecule has 0 saturated heterocycles. The van der Waals surface area contributed by atoms with Crippen LogP contribution in [0, 0.1) is 5.92 Å². The third-order valence-corrected chi connectivity index (χ3v) is 3.52. The van der Waals surface area contributed by atoms with Crippen LogP contribution < -0.4 is 5.73 Å². The van der Waals surface area contributed by atoms with Gasteiger partial charge in [-0.15, -0.1) is 0 Å². The summed E-state index contributed by atoms with van der Waals surface area (Å²) in [6.07, 6.45) is 3.67. The lowest BCUT2D eigenvalue weighted by molar-refractivity contribution is 0.455. The van der Waals surface area contributed by atoms with Crippen LogP contribution in [0.3, 0.4) is 0 Å². The molecule has 0 spiro atoms. The first-order valence-electron chi connectivity index (χ1n) is 7.62. The van der Waals surface area contributed by atoms with Gasteiger partial charge in [-0.1, -0.05) is 34.6 Å². The Labute approximate surface area is 127 Å². The van der Waals surface area contributed by atoms with Crippen LogP contribution in [0.4, 0.5) is 5.82 Å². The van der Waals surface area contributed by atoms with Gasteiger partial charge in [0.05, 0.1) is 18.2 Å². The Morgan fingerprint density at radius 2 is 1.95 bits per heavy atom. The van der Waals surface area contributed by atoms with E-state index in [1.807, 2.05) is 12.5 Å². The molecular weight excluding hydrogens is 262 g/mol. The van der Waals surface area contributed by atoms with Gasteiger partial charge in [0.25, 0.3) is 0 Å². The van der Waals surface area contributed by atoms with E-state index in [2.05, 4.69) is 55.7 Å². The van der Waals surface area contributed by atoms with Gasteiger partial charge in [0.2, 0.25) is 0 Å². The van der Waals surface area contributed by atoms with Crippen molar-refractivity contribution in [2.24, 2.45) is 5.92 Å². The van der Waals surface area contributed by atoms with E-state index in [0.29, 0.717) is 5.92 Å². The number of nitrogen functional groups attached to an aromatic ring is 1. The number of imidazole rings is 2. The molecule has 0 atom stereocenters. The van der Waals surface area contributed by atoms with Crippen molar-refractivity contribution in [1.82, 2.24) is 19.1 Å². The van der Waals surface area contributed by atoms with E-state index >= 15 is 0 Å². The van der Waals surface area contributed by atoms with Gasteiger partial charge in [0, 0.05) is 18.5 Å². The average molecular weight is 289 g/mol. The van der Waals surface area contributed by atoms with E-state index in [0.717, 1.165) is 36.1 Å². The molecule has 2 N–H and O–H groups in total. The first kappa shape index (κ1) is 15.6. The quantitative estimate of drug-likeness (QED) is 0.939. The molecule has 0 aliphatic heterocycles. The minimum absolute atomic E-state index is 0.0433. The highest BCUT2D eigenvalue weighted by Crippen LogP contribution is 2.32. The molecule has 0 bridgehead atoms. The normalized spacial score (nSPS) is 12.3. The van der Waals surface area contributed by atoms with Crippen molar-refractivity contribution in [1.29, 1.82) is 0 Å². The molecule has 5 nitrogen and oxygen atoms in total. The summed E-state index contributed by atoms with van der Waals surface area (Å²) in [7, 11) is 0. The molecule has 0 radical (unpaired) electrons. The summed E-state index contributed by atoms with van der Waals surface area (Å²) in [5.74, 6) is 2.29. The molecule has 0 amide bonds. The van der Waals surface area contributed by atoms with Crippen molar-refractivity contribution in [3.05, 3.63) is 18.3 Å². The second-order valence-electron chi connectivity index (χ2n) is 6.99. The molecule has 0 unspecified atom stereocenters. The molecule has 116 valence electrons. The minimum atomic E-state index is -0.0433. The largest absolute Gasteiger partial charge is 0.383 e. The SMILES string of the molecule is CCn1cncc1-c1nc(C(C)(C)C)n(CC(C)C)c1N. The standard InChI is InChI=1S/C16H27N5/c1-7-20-10-18-8-12(20)13-14(17)21(9-11(2)3)15(19-13)16(4,5)6/h8,10-11H,7,9,17H2,1-6H3. The number of aromatic nitrogens is 4. The fourth-order valence-electron chi connectivity index (χ4n) is 2.55. The van der Waals surface area contributed by atoms with Gasteiger partial charge < -0.3 is 14.9 Å². The van der Waals surface area contributed by atoms with Crippen LogP contribution in [0.2, 0.25) is 0 Å². The van der Waals surface area contributed by atoms with E-state index in [-0.39, 0.29) is 5.41 Å². The zero-order valence-electron chi connectivity index (χ0n) is 14.0. The highest BCUT2D eigenvalue weighted by molar-refractivity contribution is 5.68. The maximum absolute atomic E-state index is 6.42. The molecule has 21 heavy (non-hydrogen) atoms. The van der Waals surface area contributed by atoms with Crippen molar-refractivity contribution in [2.75, 3.05) is 5.73 Å². The summed E-state index contributed by atoms with van der Waals surface area (Å²) in [5, 5.41) is 0. The summed E-state index contributed by atoms with van der Waals surface area (Å²) in [5.41, 5.74) is 8.22. The predicted octanol–water partition coefficient (Wildman–Crippen LogP) is 3.30. The van der Waals surface area contributed by atoms with Crippen molar-refractivity contribution in [3.8, 4) is 11.4 Å². The Morgan fingerprint density at radius 3 is 2.48 bits per heavy atom. The maximum atomic E-state index is 6.42. The Morgan fingerprint density at radius 1 is 1.29 bits per heavy atom. The Bertz CT molecular complexity index is 613. The van der Waals surface area contributed by atoms with E-state index in [1.165, 1.54) is 0 Å². The van der Waals surface area contributed by atoms with Crippen molar-refractivity contribution in [3.63, 3.8) is 0 Å². The predicted molar refractivity (Wildman–Crippen MR) is 87.1 cm³/mol. The zero-order valence-corrected chi connectivity index (χ0v) is 14.0. The number of nitrogens with two attached hydrogens (primary N) is 1. The maximum Gasteiger partial charge on any atom is 0.133 e. The topological polar surface area (TPSA) is 61.7 Å². The first-order valence-corrected chi connectivity index (χ1v) is 7.62. The Hall–Kier alpha value is -1.78. The molecule has 0 aliphatic rings. The number of aryl methyl sites for hydroxylation is 1.